The van der Waals surface area contributed by atoms with Crippen LogP contribution in [0.25, 0.3) is 0 Å². The minimum atomic E-state index is 0. The van der Waals surface area contributed by atoms with E-state index < -0.39 is 0 Å². The molecule has 0 bridgehead atoms. The zero-order valence-corrected chi connectivity index (χ0v) is 11.3. The Hall–Kier alpha value is -0.560. The molecule has 0 saturated heterocycles. The molecule has 1 nitrogen and oxygen atoms in total. The second-order valence-corrected chi connectivity index (χ2v) is 4.38. The summed E-state index contributed by atoms with van der Waals surface area (Å²) in [7, 11) is 0. The molecule has 1 aromatic rings. The van der Waals surface area contributed by atoms with Gasteiger partial charge < -0.3 is 12.4 Å². The van der Waals surface area contributed by atoms with E-state index in [-0.39, 0.29) is 12.4 Å². The van der Waals surface area contributed by atoms with Crippen LogP contribution >= 0.6 is 0 Å². The molecule has 0 aliphatic heterocycles. The van der Waals surface area contributed by atoms with Crippen LogP contribution in [0.5, 0.6) is 0 Å². The van der Waals surface area contributed by atoms with Crippen LogP contribution in [0.15, 0.2) is 24.5 Å². The standard InChI is InChI=1S/C14H24N.ClH/c1-3-4-5-6-7-8-11-15-12-9-14(2)10-13-15;/h9-10,12-13H,3-8,11H2,1-2H3;1H/q+1;/p-1. The van der Waals surface area contributed by atoms with E-state index in [4.69, 9.17) is 0 Å². The fourth-order valence-electron chi connectivity index (χ4n) is 1.76. The van der Waals surface area contributed by atoms with Gasteiger partial charge in [-0.05, 0) is 18.9 Å². The molecule has 0 aromatic carbocycles. The highest BCUT2D eigenvalue weighted by atomic mass is 35.5. The Morgan fingerprint density at radius 3 is 2.12 bits per heavy atom. The van der Waals surface area contributed by atoms with Crippen LogP contribution in [0, 0.1) is 6.92 Å². The summed E-state index contributed by atoms with van der Waals surface area (Å²) in [5.74, 6) is 0. The van der Waals surface area contributed by atoms with E-state index in [1.807, 2.05) is 0 Å². The Morgan fingerprint density at radius 2 is 1.50 bits per heavy atom. The smallest absolute Gasteiger partial charge is 0.169 e. The van der Waals surface area contributed by atoms with E-state index >= 15 is 0 Å². The number of halogens is 1. The molecule has 0 N–H and O–H groups in total. The van der Waals surface area contributed by atoms with Crippen molar-refractivity contribution in [1.29, 1.82) is 0 Å². The molecule has 0 unspecified atom stereocenters. The summed E-state index contributed by atoms with van der Waals surface area (Å²) in [5, 5.41) is 0. The first-order chi connectivity index (χ1) is 7.33. The van der Waals surface area contributed by atoms with Gasteiger partial charge in [0, 0.05) is 18.6 Å². The Morgan fingerprint density at radius 1 is 0.938 bits per heavy atom. The third-order valence-electron chi connectivity index (χ3n) is 2.83. The summed E-state index contributed by atoms with van der Waals surface area (Å²) in [5.41, 5.74) is 1.34. The Labute approximate surface area is 106 Å². The predicted octanol–water partition coefficient (Wildman–Crippen LogP) is 0.647. The van der Waals surface area contributed by atoms with Crippen LogP contribution in [0.4, 0.5) is 0 Å². The monoisotopic (exact) mass is 241 g/mol. The second-order valence-electron chi connectivity index (χ2n) is 4.38. The van der Waals surface area contributed by atoms with Crippen molar-refractivity contribution in [3.63, 3.8) is 0 Å². The number of hydrogen-bond donors (Lipinski definition) is 0. The summed E-state index contributed by atoms with van der Waals surface area (Å²) < 4.78 is 2.28. The van der Waals surface area contributed by atoms with Crippen LogP contribution in [-0.2, 0) is 6.54 Å². The number of unbranched alkanes of at least 4 members (excludes halogenated alkanes) is 5. The molecular formula is C14H24ClN. The Bertz CT molecular complexity index is 256. The molecular weight excluding hydrogens is 218 g/mol. The lowest BCUT2D eigenvalue weighted by Crippen LogP contribution is -3.00. The van der Waals surface area contributed by atoms with E-state index in [0.29, 0.717) is 0 Å². The van der Waals surface area contributed by atoms with E-state index in [1.54, 1.807) is 0 Å². The zero-order valence-electron chi connectivity index (χ0n) is 10.6. The minimum Gasteiger partial charge on any atom is -1.00 e. The lowest BCUT2D eigenvalue weighted by molar-refractivity contribution is -0.697. The summed E-state index contributed by atoms with van der Waals surface area (Å²) in [6, 6.07) is 4.36. The van der Waals surface area contributed by atoms with Gasteiger partial charge in [0.05, 0.1) is 0 Å². The van der Waals surface area contributed by atoms with Gasteiger partial charge in [0.25, 0.3) is 0 Å². The average Bonchev–Trinajstić information content (AvgIpc) is 2.26. The normalized spacial score (nSPS) is 9.88. The number of pyridine rings is 1. The summed E-state index contributed by atoms with van der Waals surface area (Å²) in [4.78, 5) is 0. The largest absolute Gasteiger partial charge is 1.00 e. The fourth-order valence-corrected chi connectivity index (χ4v) is 1.76. The summed E-state index contributed by atoms with van der Waals surface area (Å²) >= 11 is 0. The predicted molar refractivity (Wildman–Crippen MR) is 64.8 cm³/mol. The molecule has 0 radical (unpaired) electrons. The van der Waals surface area contributed by atoms with Crippen molar-refractivity contribution in [1.82, 2.24) is 0 Å². The van der Waals surface area contributed by atoms with Gasteiger partial charge >= 0.3 is 0 Å². The molecule has 0 spiro atoms. The first kappa shape index (κ1) is 15.4. The van der Waals surface area contributed by atoms with E-state index in [1.165, 1.54) is 50.6 Å². The molecule has 0 aliphatic rings. The number of aryl methyl sites for hydroxylation is 2. The topological polar surface area (TPSA) is 3.88 Å². The van der Waals surface area contributed by atoms with Crippen molar-refractivity contribution in [3.8, 4) is 0 Å². The maximum absolute atomic E-state index is 2.28. The molecule has 16 heavy (non-hydrogen) atoms. The van der Waals surface area contributed by atoms with Crippen LogP contribution in [-0.4, -0.2) is 0 Å². The third kappa shape index (κ3) is 6.84. The summed E-state index contributed by atoms with van der Waals surface area (Å²) in [6.45, 7) is 5.57. The van der Waals surface area contributed by atoms with Crippen LogP contribution in [0.2, 0.25) is 0 Å². The zero-order chi connectivity index (χ0) is 10.9. The van der Waals surface area contributed by atoms with Gasteiger partial charge in [-0.15, -0.1) is 0 Å². The second kappa shape index (κ2) is 9.65. The molecule has 1 heterocycles. The molecule has 1 rings (SSSR count). The molecule has 0 saturated carbocycles. The van der Waals surface area contributed by atoms with Gasteiger partial charge in [0.15, 0.2) is 12.4 Å². The van der Waals surface area contributed by atoms with E-state index in [2.05, 4.69) is 42.9 Å². The third-order valence-corrected chi connectivity index (χ3v) is 2.83. The highest BCUT2D eigenvalue weighted by molar-refractivity contribution is 5.03. The number of nitrogens with zero attached hydrogens (tertiary/aromatic N) is 1. The highest BCUT2D eigenvalue weighted by Gasteiger charge is 1.98. The highest BCUT2D eigenvalue weighted by Crippen LogP contribution is 2.04. The average molecular weight is 242 g/mol. The molecule has 0 atom stereocenters. The molecule has 0 fully saturated rings. The van der Waals surface area contributed by atoms with E-state index in [9.17, 15) is 0 Å². The van der Waals surface area contributed by atoms with Gasteiger partial charge in [-0.1, -0.05) is 32.6 Å². The number of rotatable bonds is 7. The first-order valence-corrected chi connectivity index (χ1v) is 6.28. The Kier molecular flexibility index (Phi) is 9.31. The van der Waals surface area contributed by atoms with Crippen molar-refractivity contribution in [3.05, 3.63) is 30.1 Å². The molecule has 1 aromatic heterocycles. The summed E-state index contributed by atoms with van der Waals surface area (Å²) in [6.07, 6.45) is 12.6. The molecule has 0 amide bonds. The van der Waals surface area contributed by atoms with Crippen molar-refractivity contribution < 1.29 is 17.0 Å². The lowest BCUT2D eigenvalue weighted by atomic mass is 10.1. The van der Waals surface area contributed by atoms with Crippen molar-refractivity contribution in [2.45, 2.75) is 58.9 Å². The first-order valence-electron chi connectivity index (χ1n) is 6.28. The molecule has 0 aliphatic carbocycles. The van der Waals surface area contributed by atoms with Gasteiger partial charge in [-0.2, -0.15) is 0 Å². The van der Waals surface area contributed by atoms with Gasteiger partial charge in [-0.3, -0.25) is 0 Å². The molecule has 92 valence electrons. The van der Waals surface area contributed by atoms with Gasteiger partial charge in [-0.25, -0.2) is 4.57 Å². The van der Waals surface area contributed by atoms with Crippen LogP contribution in [0.3, 0.4) is 0 Å². The van der Waals surface area contributed by atoms with E-state index in [0.717, 1.165) is 0 Å². The Balaban J connectivity index is 0.00000225. The quantitative estimate of drug-likeness (QED) is 0.488. The number of aromatic nitrogens is 1. The van der Waals surface area contributed by atoms with Crippen molar-refractivity contribution in [2.75, 3.05) is 0 Å². The fraction of sp³-hybridized carbons (Fsp3) is 0.643. The van der Waals surface area contributed by atoms with Crippen LogP contribution in [0.1, 0.15) is 51.0 Å². The minimum absolute atomic E-state index is 0. The maximum Gasteiger partial charge on any atom is 0.169 e. The van der Waals surface area contributed by atoms with Crippen LogP contribution < -0.4 is 17.0 Å². The number of hydrogen-bond acceptors (Lipinski definition) is 0. The van der Waals surface area contributed by atoms with Gasteiger partial charge in [0.1, 0.15) is 6.54 Å². The molecule has 2 heteroatoms. The lowest BCUT2D eigenvalue weighted by Gasteiger charge is -1.99. The maximum atomic E-state index is 2.28. The van der Waals surface area contributed by atoms with Crippen molar-refractivity contribution in [2.24, 2.45) is 0 Å². The SMILES string of the molecule is CCCCCCCC[n+]1ccc(C)cc1.[Cl-]. The van der Waals surface area contributed by atoms with Crippen molar-refractivity contribution >= 4 is 0 Å². The van der Waals surface area contributed by atoms with Gasteiger partial charge in [0.2, 0.25) is 0 Å².